The third-order valence-corrected chi connectivity index (χ3v) is 4.31. The van der Waals surface area contributed by atoms with Crippen molar-refractivity contribution in [1.82, 2.24) is 0 Å². The van der Waals surface area contributed by atoms with Crippen molar-refractivity contribution in [2.45, 2.75) is 51.7 Å². The summed E-state index contributed by atoms with van der Waals surface area (Å²) in [6.07, 6.45) is 1.87. The van der Waals surface area contributed by atoms with Crippen molar-refractivity contribution in [2.24, 2.45) is 5.92 Å². The molecule has 0 heterocycles. The maximum Gasteiger partial charge on any atom is 0.312 e. The van der Waals surface area contributed by atoms with Crippen LogP contribution in [0.2, 0.25) is 0 Å². The molecule has 0 aromatic heterocycles. The highest BCUT2D eigenvalue weighted by Gasteiger charge is 2.37. The normalized spacial score (nSPS) is 22.1. The second kappa shape index (κ2) is 6.61. The maximum absolute atomic E-state index is 12.6. The number of esters is 1. The van der Waals surface area contributed by atoms with Crippen molar-refractivity contribution in [3.63, 3.8) is 0 Å². The summed E-state index contributed by atoms with van der Waals surface area (Å²) in [6, 6.07) is 7.83. The van der Waals surface area contributed by atoms with Crippen LogP contribution >= 0.6 is 0 Å². The number of carbonyl (C=O) groups is 1. The van der Waals surface area contributed by atoms with Crippen LogP contribution in [0.4, 0.5) is 0 Å². The van der Waals surface area contributed by atoms with Gasteiger partial charge < -0.3 is 4.74 Å². The average molecular weight is 340 g/mol. The number of aryl methyl sites for hydroxylation is 1. The lowest BCUT2D eigenvalue weighted by atomic mass is 9.94. The van der Waals surface area contributed by atoms with E-state index >= 15 is 0 Å². The van der Waals surface area contributed by atoms with Crippen LogP contribution < -0.4 is 0 Å². The van der Waals surface area contributed by atoms with E-state index in [9.17, 15) is 13.2 Å². The fraction of sp³-hybridized carbons (Fsp3) is 0.588. The molecule has 0 bridgehead atoms. The summed E-state index contributed by atoms with van der Waals surface area (Å²) >= 11 is 0. The molecular formula is C17H24O5S. The lowest BCUT2D eigenvalue weighted by Gasteiger charge is -2.27. The van der Waals surface area contributed by atoms with Gasteiger partial charge in [0, 0.05) is 0 Å². The number of rotatable bonds is 3. The Morgan fingerprint density at radius 2 is 1.78 bits per heavy atom. The SMILES string of the molecule is CC(C)(C)OC(=O)[C@@H]1Cc2ccccc2CC[C@H]1OS(C)(=O)=O. The summed E-state index contributed by atoms with van der Waals surface area (Å²) in [6.45, 7) is 5.38. The van der Waals surface area contributed by atoms with Gasteiger partial charge in [-0.05, 0) is 51.2 Å². The molecule has 0 saturated carbocycles. The molecule has 1 aromatic rings. The van der Waals surface area contributed by atoms with Gasteiger partial charge in [0.1, 0.15) is 5.60 Å². The predicted octanol–water partition coefficient (Wildman–Crippen LogP) is 2.48. The minimum absolute atomic E-state index is 0.414. The van der Waals surface area contributed by atoms with Crippen LogP contribution in [0.15, 0.2) is 24.3 Å². The van der Waals surface area contributed by atoms with Gasteiger partial charge in [-0.3, -0.25) is 8.98 Å². The summed E-state index contributed by atoms with van der Waals surface area (Å²) in [4.78, 5) is 12.6. The molecule has 0 radical (unpaired) electrons. The topological polar surface area (TPSA) is 69.7 Å². The van der Waals surface area contributed by atoms with Gasteiger partial charge in [0.25, 0.3) is 10.1 Å². The van der Waals surface area contributed by atoms with Gasteiger partial charge in [-0.25, -0.2) is 0 Å². The first kappa shape index (κ1) is 17.9. The highest BCUT2D eigenvalue weighted by Crippen LogP contribution is 2.29. The molecule has 0 aliphatic heterocycles. The highest BCUT2D eigenvalue weighted by atomic mass is 32.2. The number of ether oxygens (including phenoxy) is 1. The van der Waals surface area contributed by atoms with Gasteiger partial charge in [-0.15, -0.1) is 0 Å². The van der Waals surface area contributed by atoms with E-state index in [0.29, 0.717) is 19.3 Å². The van der Waals surface area contributed by atoms with Crippen LogP contribution in [0.25, 0.3) is 0 Å². The zero-order chi connectivity index (χ0) is 17.3. The third kappa shape index (κ3) is 5.32. The molecule has 5 nitrogen and oxygen atoms in total. The lowest BCUT2D eigenvalue weighted by Crippen LogP contribution is -2.38. The van der Waals surface area contributed by atoms with Crippen molar-refractivity contribution in [3.05, 3.63) is 35.4 Å². The van der Waals surface area contributed by atoms with Crippen LogP contribution in [-0.2, 0) is 36.7 Å². The molecule has 1 aromatic carbocycles. The fourth-order valence-electron chi connectivity index (χ4n) is 2.82. The van der Waals surface area contributed by atoms with Crippen molar-refractivity contribution >= 4 is 16.1 Å². The molecule has 1 aliphatic rings. The van der Waals surface area contributed by atoms with Gasteiger partial charge in [-0.1, -0.05) is 24.3 Å². The van der Waals surface area contributed by atoms with E-state index in [1.165, 1.54) is 0 Å². The minimum Gasteiger partial charge on any atom is -0.460 e. The Kier molecular flexibility index (Phi) is 5.16. The number of benzene rings is 1. The van der Waals surface area contributed by atoms with Crippen molar-refractivity contribution in [3.8, 4) is 0 Å². The first-order valence-electron chi connectivity index (χ1n) is 7.73. The first-order chi connectivity index (χ1) is 10.6. The maximum atomic E-state index is 12.6. The van der Waals surface area contributed by atoms with Crippen molar-refractivity contribution in [2.75, 3.05) is 6.26 Å². The molecule has 0 saturated heterocycles. The second-order valence-electron chi connectivity index (χ2n) is 6.99. The summed E-state index contributed by atoms with van der Waals surface area (Å²) in [7, 11) is -3.65. The minimum atomic E-state index is -3.65. The molecule has 0 unspecified atom stereocenters. The Morgan fingerprint density at radius 3 is 2.35 bits per heavy atom. The molecular weight excluding hydrogens is 316 g/mol. The molecule has 128 valence electrons. The number of fused-ring (bicyclic) bond motifs is 1. The van der Waals surface area contributed by atoms with Crippen LogP contribution in [0.5, 0.6) is 0 Å². The predicted molar refractivity (Wildman–Crippen MR) is 87.5 cm³/mol. The Labute approximate surface area is 138 Å². The summed E-state index contributed by atoms with van der Waals surface area (Å²) in [5.74, 6) is -1.05. The van der Waals surface area contributed by atoms with Gasteiger partial charge in [0.05, 0.1) is 18.3 Å². The standard InChI is InChI=1S/C17H24O5S/c1-17(2,3)21-16(18)14-11-13-8-6-5-7-12(13)9-10-15(14)22-23(4,19)20/h5-8,14-15H,9-11H2,1-4H3/t14-,15-/m1/s1. The van der Waals surface area contributed by atoms with Crippen LogP contribution in [0.1, 0.15) is 38.3 Å². The molecule has 23 heavy (non-hydrogen) atoms. The van der Waals surface area contributed by atoms with Gasteiger partial charge >= 0.3 is 5.97 Å². The highest BCUT2D eigenvalue weighted by molar-refractivity contribution is 7.86. The monoisotopic (exact) mass is 340 g/mol. The van der Waals surface area contributed by atoms with Crippen LogP contribution in [0.3, 0.4) is 0 Å². The Morgan fingerprint density at radius 1 is 1.17 bits per heavy atom. The van der Waals surface area contributed by atoms with E-state index in [4.69, 9.17) is 8.92 Å². The zero-order valence-electron chi connectivity index (χ0n) is 14.0. The summed E-state index contributed by atoms with van der Waals surface area (Å²) in [5.41, 5.74) is 1.54. The first-order valence-corrected chi connectivity index (χ1v) is 9.55. The molecule has 0 spiro atoms. The number of hydrogen-bond donors (Lipinski definition) is 0. The summed E-state index contributed by atoms with van der Waals surface area (Å²) in [5, 5.41) is 0. The van der Waals surface area contributed by atoms with Crippen molar-refractivity contribution in [1.29, 1.82) is 0 Å². The van der Waals surface area contributed by atoms with Crippen LogP contribution in [-0.4, -0.2) is 32.3 Å². The van der Waals surface area contributed by atoms with E-state index in [1.807, 2.05) is 24.3 Å². The summed E-state index contributed by atoms with van der Waals surface area (Å²) < 4.78 is 33.8. The quantitative estimate of drug-likeness (QED) is 0.480. The molecule has 0 fully saturated rings. The molecule has 1 aliphatic carbocycles. The molecule has 0 amide bonds. The molecule has 6 heteroatoms. The van der Waals surface area contributed by atoms with Gasteiger partial charge in [-0.2, -0.15) is 8.42 Å². The zero-order valence-corrected chi connectivity index (χ0v) is 14.9. The number of carbonyl (C=O) groups excluding carboxylic acids is 1. The van der Waals surface area contributed by atoms with E-state index in [2.05, 4.69) is 0 Å². The average Bonchev–Trinajstić information content (AvgIpc) is 2.55. The van der Waals surface area contributed by atoms with E-state index in [-0.39, 0.29) is 0 Å². The molecule has 2 rings (SSSR count). The van der Waals surface area contributed by atoms with E-state index in [0.717, 1.165) is 17.4 Å². The van der Waals surface area contributed by atoms with E-state index < -0.39 is 33.7 Å². The second-order valence-corrected chi connectivity index (χ2v) is 8.59. The molecule has 0 N–H and O–H groups in total. The Bertz CT molecular complexity index is 672. The van der Waals surface area contributed by atoms with E-state index in [1.54, 1.807) is 20.8 Å². The third-order valence-electron chi connectivity index (χ3n) is 3.71. The van der Waals surface area contributed by atoms with Crippen LogP contribution in [0, 0.1) is 5.92 Å². The smallest absolute Gasteiger partial charge is 0.312 e. The van der Waals surface area contributed by atoms with Gasteiger partial charge in [0.15, 0.2) is 0 Å². The largest absolute Gasteiger partial charge is 0.460 e. The van der Waals surface area contributed by atoms with Crippen molar-refractivity contribution < 1.29 is 22.1 Å². The lowest BCUT2D eigenvalue weighted by molar-refractivity contribution is -0.163. The Hall–Kier alpha value is -1.40. The van der Waals surface area contributed by atoms with Gasteiger partial charge in [0.2, 0.25) is 0 Å². The Balaban J connectivity index is 2.31. The number of hydrogen-bond acceptors (Lipinski definition) is 5. The fourth-order valence-corrected chi connectivity index (χ4v) is 3.50. The molecule has 2 atom stereocenters.